The van der Waals surface area contributed by atoms with Crippen LogP contribution >= 0.6 is 0 Å². The highest BCUT2D eigenvalue weighted by Crippen LogP contribution is 2.45. The zero-order valence-electron chi connectivity index (χ0n) is 44.0. The van der Waals surface area contributed by atoms with Gasteiger partial charge in [0.05, 0.1) is 40.9 Å². The minimum Gasteiger partial charge on any atom is -0.507 e. The molecule has 0 unspecified atom stereocenters. The molecular formula is C59H64N4O13. The molecule has 0 saturated carbocycles. The number of carbonyl (C=O) groups excluding carboxylic acids is 2. The second kappa shape index (κ2) is 21.1. The Balaban J connectivity index is 1.31. The van der Waals surface area contributed by atoms with Gasteiger partial charge in [-0.05, 0) is 31.1 Å². The number of carbonyl (C=O) groups is 2. The number of phenols is 1. The number of hydrogen-bond acceptors (Lipinski definition) is 16. The van der Waals surface area contributed by atoms with E-state index in [0.717, 1.165) is 11.1 Å². The SMILES string of the molecule is CO[C@H]1/C=C/O[C@@]2(C)Oc3c(C)c(O)c4c(=O)c(c5oc6c7c(cc(=O)c6nc5c4c3=C2O)N(Cc2ccccc2)CCN7Cc2ccccc2)NC(=O)/C(C)=C\C=C\[C@H](C)[C@H](O)[C@@H](C)[C@H](O)[C@H](C)[C@H](OC(C)=O)[C@@H]1C. The molecule has 4 bridgehead atoms. The number of nitrogens with zero attached hydrogens (tertiary/aromatic N) is 3. The van der Waals surface area contributed by atoms with Gasteiger partial charge in [0.1, 0.15) is 34.5 Å². The zero-order valence-corrected chi connectivity index (χ0v) is 44.0. The molecule has 5 N–H and O–H groups in total. The van der Waals surface area contributed by atoms with Crippen molar-refractivity contribution >= 4 is 67.7 Å². The van der Waals surface area contributed by atoms with Crippen molar-refractivity contribution < 1.29 is 53.4 Å². The highest BCUT2D eigenvalue weighted by atomic mass is 16.7. The molecule has 0 saturated heterocycles. The molecule has 17 heteroatoms. The number of fused-ring (bicyclic) bond motifs is 4. The summed E-state index contributed by atoms with van der Waals surface area (Å²) in [5.41, 5.74) is 0.964. The lowest BCUT2D eigenvalue weighted by molar-refractivity contribution is -0.160. The molecule has 1 amide bonds. The first-order valence-electron chi connectivity index (χ1n) is 25.5. The Morgan fingerprint density at radius 2 is 1.49 bits per heavy atom. The summed E-state index contributed by atoms with van der Waals surface area (Å²) < 4.78 is 31.2. The third-order valence-corrected chi connectivity index (χ3v) is 15.3. The molecule has 0 aliphatic carbocycles. The number of rotatable bonds is 6. The summed E-state index contributed by atoms with van der Waals surface area (Å²) in [7, 11) is 1.45. The third kappa shape index (κ3) is 9.62. The maximum Gasteiger partial charge on any atom is 0.307 e. The summed E-state index contributed by atoms with van der Waals surface area (Å²) in [5, 5.41) is 50.0. The molecule has 9 atom stereocenters. The van der Waals surface area contributed by atoms with Crippen LogP contribution in [0.1, 0.15) is 65.2 Å². The van der Waals surface area contributed by atoms with E-state index in [9.17, 15) is 34.8 Å². The van der Waals surface area contributed by atoms with Gasteiger partial charge in [-0.1, -0.05) is 107 Å². The molecule has 3 aliphatic rings. The molecule has 9 rings (SSSR count). The Labute approximate surface area is 438 Å². The van der Waals surface area contributed by atoms with Crippen molar-refractivity contribution in [3.63, 3.8) is 0 Å². The van der Waals surface area contributed by atoms with Gasteiger partial charge in [0.25, 0.3) is 5.91 Å². The summed E-state index contributed by atoms with van der Waals surface area (Å²) in [5.74, 6) is -7.10. The first-order valence-corrected chi connectivity index (χ1v) is 25.5. The molecule has 398 valence electrons. The van der Waals surface area contributed by atoms with E-state index in [1.165, 1.54) is 59.3 Å². The van der Waals surface area contributed by atoms with Gasteiger partial charge in [0.2, 0.25) is 10.9 Å². The number of hydrogen-bond donors (Lipinski definition) is 5. The topological polar surface area (TPSA) is 231 Å². The number of aromatic nitrogens is 1. The standard InChI is InChI=1S/C59H64N4O13/c1-30-17-16-18-31(2)58(71)61-47-52(69)43-42(44-54(35(6)51(43)68)76-59(8,57(44)70)73-26-23-41(72-9)32(3)53(74-36(7)64)34(5)50(67)33(4)49(30)66)46-55(47)75-56-45(60-46)40(65)27-39-48(56)63(29-38-21-14-11-15-22-38)25-24-62(39)28-37-19-12-10-13-20-37/h10-23,26-27,30,32-34,41,49-50,53,66-68,70H,24-25,28-29H2,1-9H3,(H,61,71)/b17-16+,26-23+,31-18-/t30-,32+,33+,34-,41-,49-,50-,53+,59-/m0/s1. The van der Waals surface area contributed by atoms with Crippen molar-refractivity contribution in [2.24, 2.45) is 23.7 Å². The second-order valence-electron chi connectivity index (χ2n) is 20.5. The van der Waals surface area contributed by atoms with E-state index in [0.29, 0.717) is 37.6 Å². The maximum atomic E-state index is 15.3. The minimum atomic E-state index is -2.02. The van der Waals surface area contributed by atoms with Crippen molar-refractivity contribution in [3.8, 4) is 11.5 Å². The number of methoxy groups -OCH3 is 1. The van der Waals surface area contributed by atoms with Crippen LogP contribution in [0.5, 0.6) is 11.5 Å². The number of ether oxygens (including phenoxy) is 4. The number of aliphatic hydroxyl groups excluding tert-OH is 3. The van der Waals surface area contributed by atoms with Crippen molar-refractivity contribution in [3.05, 3.63) is 145 Å². The van der Waals surface area contributed by atoms with Crippen LogP contribution in [-0.4, -0.2) is 87.7 Å². The second-order valence-corrected chi connectivity index (χ2v) is 20.5. The summed E-state index contributed by atoms with van der Waals surface area (Å²) in [6.45, 7) is 14.6. The van der Waals surface area contributed by atoms with E-state index in [1.807, 2.05) is 60.7 Å². The van der Waals surface area contributed by atoms with E-state index in [-0.39, 0.29) is 55.1 Å². The number of allylic oxidation sites excluding steroid dienone is 2. The lowest BCUT2D eigenvalue weighted by Crippen LogP contribution is -2.46. The Morgan fingerprint density at radius 1 is 0.842 bits per heavy atom. The van der Waals surface area contributed by atoms with E-state index < -0.39 is 93.8 Å². The molecule has 0 spiro atoms. The summed E-state index contributed by atoms with van der Waals surface area (Å²) in [6.07, 6.45) is 3.52. The van der Waals surface area contributed by atoms with Crippen LogP contribution in [-0.2, 0) is 36.9 Å². The monoisotopic (exact) mass is 1040 g/mol. The Morgan fingerprint density at radius 3 is 2.13 bits per heavy atom. The molecule has 0 radical (unpaired) electrons. The predicted molar refractivity (Wildman–Crippen MR) is 290 cm³/mol. The first kappa shape index (κ1) is 53.1. The normalized spacial score (nSPS) is 26.9. The van der Waals surface area contributed by atoms with Crippen LogP contribution < -0.4 is 35.9 Å². The van der Waals surface area contributed by atoms with E-state index >= 15 is 4.79 Å². The van der Waals surface area contributed by atoms with Crippen LogP contribution in [0.25, 0.3) is 38.7 Å². The quantitative estimate of drug-likeness (QED) is 0.0615. The summed E-state index contributed by atoms with van der Waals surface area (Å²) in [6, 6.07) is 21.2. The van der Waals surface area contributed by atoms with Crippen molar-refractivity contribution in [1.82, 2.24) is 4.98 Å². The number of aliphatic hydroxyl groups is 3. The highest BCUT2D eigenvalue weighted by Gasteiger charge is 2.44. The number of anilines is 3. The molecule has 6 aromatic rings. The molecule has 17 nitrogen and oxygen atoms in total. The van der Waals surface area contributed by atoms with Crippen molar-refractivity contribution in [2.75, 3.05) is 35.3 Å². The van der Waals surface area contributed by atoms with Gasteiger partial charge in [-0.2, -0.15) is 0 Å². The number of aromatic hydroxyl groups is 1. The number of nitrogens with one attached hydrogen (secondary N) is 1. The lowest BCUT2D eigenvalue weighted by atomic mass is 9.78. The predicted octanol–water partition coefficient (Wildman–Crippen LogP) is 7.59. The zero-order chi connectivity index (χ0) is 54.5. The molecular weight excluding hydrogens is 973 g/mol. The third-order valence-electron chi connectivity index (χ3n) is 15.3. The Bertz CT molecular complexity index is 3530. The Kier molecular flexibility index (Phi) is 14.8. The van der Waals surface area contributed by atoms with Crippen LogP contribution in [0.15, 0.2) is 117 Å². The average molecular weight is 1040 g/mol. The van der Waals surface area contributed by atoms with Gasteiger partial charge < -0.3 is 58.9 Å². The molecule has 4 heterocycles. The number of amides is 1. The summed E-state index contributed by atoms with van der Waals surface area (Å²) in [4.78, 5) is 66.1. The van der Waals surface area contributed by atoms with Gasteiger partial charge >= 0.3 is 11.8 Å². The Hall–Kier alpha value is -7.73. The van der Waals surface area contributed by atoms with Gasteiger partial charge in [0.15, 0.2) is 22.4 Å². The van der Waals surface area contributed by atoms with Gasteiger partial charge in [-0.15, -0.1) is 0 Å². The van der Waals surface area contributed by atoms with E-state index in [4.69, 9.17) is 28.3 Å². The van der Waals surface area contributed by atoms with Gasteiger partial charge in [-0.25, -0.2) is 4.98 Å². The fourth-order valence-electron chi connectivity index (χ4n) is 10.9. The van der Waals surface area contributed by atoms with E-state index in [1.54, 1.807) is 39.8 Å². The molecule has 1 aromatic heterocycles. The minimum absolute atomic E-state index is 0.0381. The van der Waals surface area contributed by atoms with E-state index in [2.05, 4.69) is 15.1 Å². The lowest BCUT2D eigenvalue weighted by Gasteiger charge is -2.39. The van der Waals surface area contributed by atoms with Crippen LogP contribution in [0.3, 0.4) is 0 Å². The highest BCUT2D eigenvalue weighted by molar-refractivity contribution is 6.17. The molecule has 0 fully saturated rings. The smallest absolute Gasteiger partial charge is 0.307 e. The number of phenolic OH excluding ortho intramolecular Hbond substituents is 1. The largest absolute Gasteiger partial charge is 0.507 e. The first-order chi connectivity index (χ1) is 36.2. The van der Waals surface area contributed by atoms with Crippen LogP contribution in [0, 0.1) is 30.6 Å². The molecule has 3 aliphatic heterocycles. The fourth-order valence-corrected chi connectivity index (χ4v) is 10.9. The number of esters is 1. The van der Waals surface area contributed by atoms with Gasteiger partial charge in [-0.3, -0.25) is 19.2 Å². The van der Waals surface area contributed by atoms with Crippen LogP contribution in [0.2, 0.25) is 0 Å². The average Bonchev–Trinajstić information content (AvgIpc) is 3.68. The van der Waals surface area contributed by atoms with Crippen molar-refractivity contribution in [2.45, 2.75) is 98.7 Å². The van der Waals surface area contributed by atoms with Crippen LogP contribution in [0.4, 0.5) is 17.1 Å². The fraction of sp³-hybridized carbons (Fsp3) is 0.373. The van der Waals surface area contributed by atoms with Gasteiger partial charge in [0, 0.05) is 93.4 Å². The molecule has 76 heavy (non-hydrogen) atoms. The van der Waals surface area contributed by atoms with Crippen molar-refractivity contribution in [1.29, 1.82) is 0 Å². The summed E-state index contributed by atoms with van der Waals surface area (Å²) >= 11 is 0. The molecule has 5 aromatic carbocycles. The number of benzene rings is 5. The maximum absolute atomic E-state index is 15.3.